The van der Waals surface area contributed by atoms with Crippen LogP contribution in [0.15, 0.2) is 71.6 Å². The average Bonchev–Trinajstić information content (AvgIpc) is 2.80. The zero-order valence-electron chi connectivity index (χ0n) is 18.3. The van der Waals surface area contributed by atoms with E-state index >= 15 is 0 Å². The molecule has 172 valence electrons. The van der Waals surface area contributed by atoms with E-state index < -0.39 is 28.4 Å². The smallest absolute Gasteiger partial charge is 0.337 e. The molecule has 0 aliphatic carbocycles. The Morgan fingerprint density at radius 1 is 0.970 bits per heavy atom. The monoisotopic (exact) mass is 486 g/mol. The minimum atomic E-state index is -4.08. The molecule has 3 rings (SSSR count). The predicted molar refractivity (Wildman–Crippen MR) is 128 cm³/mol. The van der Waals surface area contributed by atoms with Crippen molar-refractivity contribution in [3.05, 3.63) is 88.4 Å². The summed E-state index contributed by atoms with van der Waals surface area (Å²) in [4.78, 5) is 24.9. The molecule has 0 spiro atoms. The van der Waals surface area contributed by atoms with Crippen LogP contribution >= 0.6 is 11.6 Å². The van der Waals surface area contributed by atoms with Crippen LogP contribution in [-0.2, 0) is 19.6 Å². The van der Waals surface area contributed by atoms with Crippen molar-refractivity contribution in [1.29, 1.82) is 0 Å². The van der Waals surface area contributed by atoms with Gasteiger partial charge in [0.25, 0.3) is 10.0 Å². The molecule has 1 amide bonds. The molecule has 0 aromatic heterocycles. The van der Waals surface area contributed by atoms with E-state index in [2.05, 4.69) is 5.32 Å². The highest BCUT2D eigenvalue weighted by atomic mass is 35.5. The van der Waals surface area contributed by atoms with Gasteiger partial charge in [0.15, 0.2) is 0 Å². The van der Waals surface area contributed by atoms with Gasteiger partial charge in [0, 0.05) is 10.7 Å². The molecule has 1 N–H and O–H groups in total. The van der Waals surface area contributed by atoms with Gasteiger partial charge >= 0.3 is 5.97 Å². The Labute approximate surface area is 198 Å². The van der Waals surface area contributed by atoms with Gasteiger partial charge in [0.1, 0.15) is 6.54 Å². The van der Waals surface area contributed by atoms with Crippen LogP contribution in [0, 0.1) is 13.8 Å². The molecule has 9 heteroatoms. The van der Waals surface area contributed by atoms with Gasteiger partial charge in [-0.25, -0.2) is 13.2 Å². The number of nitrogens with one attached hydrogen (secondary N) is 1. The van der Waals surface area contributed by atoms with E-state index in [4.69, 9.17) is 16.3 Å². The molecule has 3 aromatic carbocycles. The van der Waals surface area contributed by atoms with E-state index in [9.17, 15) is 18.0 Å². The Bertz CT molecular complexity index is 1290. The van der Waals surface area contributed by atoms with Crippen LogP contribution in [0.1, 0.15) is 21.5 Å². The first-order chi connectivity index (χ1) is 15.6. The molecule has 0 aliphatic heterocycles. The molecule has 0 unspecified atom stereocenters. The standard InChI is InChI=1S/C24H23ClN2O5S/c1-16-9-11-18(24(29)32-3)13-21(16)26-23(28)15-27(22-14-19(25)12-10-17(22)2)33(30,31)20-7-5-4-6-8-20/h4-14H,15H2,1-3H3,(H,26,28). The number of hydrogen-bond donors (Lipinski definition) is 1. The predicted octanol–water partition coefficient (Wildman–Crippen LogP) is 4.58. The zero-order chi connectivity index (χ0) is 24.2. The fourth-order valence-electron chi connectivity index (χ4n) is 3.19. The number of carbonyl (C=O) groups is 2. The third-order valence-electron chi connectivity index (χ3n) is 4.99. The Morgan fingerprint density at radius 3 is 2.30 bits per heavy atom. The summed E-state index contributed by atoms with van der Waals surface area (Å²) in [6.45, 7) is 3.00. The normalized spacial score (nSPS) is 11.0. The van der Waals surface area contributed by atoms with Crippen molar-refractivity contribution in [3.8, 4) is 0 Å². The van der Waals surface area contributed by atoms with Crippen LogP contribution in [0.25, 0.3) is 0 Å². The lowest BCUT2D eigenvalue weighted by Crippen LogP contribution is -2.38. The van der Waals surface area contributed by atoms with Crippen LogP contribution in [0.4, 0.5) is 11.4 Å². The number of anilines is 2. The van der Waals surface area contributed by atoms with Gasteiger partial charge < -0.3 is 10.1 Å². The van der Waals surface area contributed by atoms with Gasteiger partial charge in [0.05, 0.1) is 23.3 Å². The lowest BCUT2D eigenvalue weighted by molar-refractivity contribution is -0.114. The van der Waals surface area contributed by atoms with Gasteiger partial charge in [-0.1, -0.05) is 41.9 Å². The molecule has 33 heavy (non-hydrogen) atoms. The summed E-state index contributed by atoms with van der Waals surface area (Å²) in [5.74, 6) is -1.13. The fourth-order valence-corrected chi connectivity index (χ4v) is 4.86. The number of benzene rings is 3. The number of methoxy groups -OCH3 is 1. The largest absolute Gasteiger partial charge is 0.465 e. The van der Waals surface area contributed by atoms with Crippen LogP contribution < -0.4 is 9.62 Å². The average molecular weight is 487 g/mol. The molecule has 7 nitrogen and oxygen atoms in total. The first kappa shape index (κ1) is 24.3. The number of nitrogens with zero attached hydrogens (tertiary/aromatic N) is 1. The minimum absolute atomic E-state index is 0.0426. The maximum absolute atomic E-state index is 13.5. The Kier molecular flexibility index (Phi) is 7.40. The molecular formula is C24H23ClN2O5S. The van der Waals surface area contributed by atoms with Gasteiger partial charge in [-0.3, -0.25) is 9.10 Å². The number of halogens is 1. The molecule has 0 radical (unpaired) electrons. The number of carbonyl (C=O) groups excluding carboxylic acids is 2. The number of esters is 1. The third kappa shape index (κ3) is 5.53. The second-order valence-corrected chi connectivity index (χ2v) is 9.62. The molecular weight excluding hydrogens is 464 g/mol. The molecule has 0 saturated heterocycles. The summed E-state index contributed by atoms with van der Waals surface area (Å²) in [6.07, 6.45) is 0. The summed E-state index contributed by atoms with van der Waals surface area (Å²) in [5, 5.41) is 3.04. The molecule has 0 atom stereocenters. The van der Waals surface area contributed by atoms with Crippen molar-refractivity contribution in [1.82, 2.24) is 0 Å². The summed E-state index contributed by atoms with van der Waals surface area (Å²) < 4.78 is 32.7. The molecule has 0 aliphatic rings. The van der Waals surface area contributed by atoms with Crippen LogP contribution in [0.2, 0.25) is 5.02 Å². The summed E-state index contributed by atoms with van der Waals surface area (Å²) in [5.41, 5.74) is 2.27. The fraction of sp³-hybridized carbons (Fsp3) is 0.167. The van der Waals surface area contributed by atoms with Gasteiger partial charge in [-0.2, -0.15) is 0 Å². The highest BCUT2D eigenvalue weighted by Gasteiger charge is 2.28. The number of hydrogen-bond acceptors (Lipinski definition) is 5. The summed E-state index contributed by atoms with van der Waals surface area (Å²) in [6, 6.07) is 17.4. The SMILES string of the molecule is COC(=O)c1ccc(C)c(NC(=O)CN(c2cc(Cl)ccc2C)S(=O)(=O)c2ccccc2)c1. The van der Waals surface area contributed by atoms with Crippen molar-refractivity contribution in [3.63, 3.8) is 0 Å². The quantitative estimate of drug-likeness (QED) is 0.493. The second-order valence-electron chi connectivity index (χ2n) is 7.33. The molecule has 3 aromatic rings. The third-order valence-corrected chi connectivity index (χ3v) is 7.00. The zero-order valence-corrected chi connectivity index (χ0v) is 19.9. The number of ether oxygens (including phenoxy) is 1. The van der Waals surface area contributed by atoms with E-state index in [0.29, 0.717) is 27.5 Å². The highest BCUT2D eigenvalue weighted by Crippen LogP contribution is 2.29. The number of amides is 1. The Hall–Kier alpha value is -3.36. The van der Waals surface area contributed by atoms with Crippen LogP contribution in [0.5, 0.6) is 0 Å². The highest BCUT2D eigenvalue weighted by molar-refractivity contribution is 7.92. The van der Waals surface area contributed by atoms with Crippen molar-refractivity contribution in [2.24, 2.45) is 0 Å². The number of rotatable bonds is 7. The van der Waals surface area contributed by atoms with Gasteiger partial charge in [0.2, 0.25) is 5.91 Å². The first-order valence-electron chi connectivity index (χ1n) is 9.96. The van der Waals surface area contributed by atoms with Gasteiger partial charge in [-0.05, 0) is 61.4 Å². The second kappa shape index (κ2) is 10.1. The lowest BCUT2D eigenvalue weighted by atomic mass is 10.1. The van der Waals surface area contributed by atoms with Crippen LogP contribution in [0.3, 0.4) is 0 Å². The molecule has 0 saturated carbocycles. The van der Waals surface area contributed by atoms with Crippen molar-refractivity contribution < 1.29 is 22.7 Å². The van der Waals surface area contributed by atoms with Crippen LogP contribution in [-0.4, -0.2) is 33.9 Å². The minimum Gasteiger partial charge on any atom is -0.465 e. The van der Waals surface area contributed by atoms with Crippen molar-refractivity contribution >= 4 is 44.9 Å². The molecule has 0 fully saturated rings. The number of sulfonamides is 1. The maximum atomic E-state index is 13.5. The van der Waals surface area contributed by atoms with E-state index in [0.717, 1.165) is 4.31 Å². The van der Waals surface area contributed by atoms with E-state index in [1.165, 1.54) is 31.4 Å². The Morgan fingerprint density at radius 2 is 1.64 bits per heavy atom. The van der Waals surface area contributed by atoms with E-state index in [1.807, 2.05) is 0 Å². The van der Waals surface area contributed by atoms with Crippen molar-refractivity contribution in [2.75, 3.05) is 23.3 Å². The van der Waals surface area contributed by atoms with E-state index in [-0.39, 0.29) is 10.5 Å². The first-order valence-corrected chi connectivity index (χ1v) is 11.8. The summed E-state index contributed by atoms with van der Waals surface area (Å²) in [7, 11) is -2.81. The Balaban J connectivity index is 1.99. The molecule has 0 bridgehead atoms. The van der Waals surface area contributed by atoms with E-state index in [1.54, 1.807) is 56.3 Å². The lowest BCUT2D eigenvalue weighted by Gasteiger charge is -2.26. The summed E-state index contributed by atoms with van der Waals surface area (Å²) >= 11 is 6.14. The van der Waals surface area contributed by atoms with Crippen molar-refractivity contribution in [2.45, 2.75) is 18.7 Å². The van der Waals surface area contributed by atoms with Gasteiger partial charge in [-0.15, -0.1) is 0 Å². The maximum Gasteiger partial charge on any atom is 0.337 e. The number of aryl methyl sites for hydroxylation is 2. The topological polar surface area (TPSA) is 92.8 Å². The molecule has 0 heterocycles.